The first-order valence-electron chi connectivity index (χ1n) is 13.6. The number of ether oxygens (including phenoxy) is 3. The summed E-state index contributed by atoms with van der Waals surface area (Å²) in [4.78, 5) is 24.7. The zero-order chi connectivity index (χ0) is 26.5. The minimum Gasteiger partial charge on any atom is -0.460 e. The molecule has 11 atom stereocenters. The number of fused-ring (bicyclic) bond motifs is 5. The van der Waals surface area contributed by atoms with E-state index in [9.17, 15) is 19.8 Å². The van der Waals surface area contributed by atoms with E-state index in [1.54, 1.807) is 6.92 Å². The average Bonchev–Trinajstić information content (AvgIpc) is 3.09. The molecule has 0 radical (unpaired) electrons. The van der Waals surface area contributed by atoms with Crippen molar-refractivity contribution in [1.29, 1.82) is 0 Å². The highest BCUT2D eigenvalue weighted by Crippen LogP contribution is 2.60. The Morgan fingerprint density at radius 1 is 1.14 bits per heavy atom. The summed E-state index contributed by atoms with van der Waals surface area (Å²) in [6, 6.07) is 0. The fourth-order valence-electron chi connectivity index (χ4n) is 7.72. The van der Waals surface area contributed by atoms with E-state index in [4.69, 9.17) is 14.2 Å². The molecular formula is C28H48O7. The Balaban J connectivity index is 2.16. The molecule has 3 fully saturated rings. The van der Waals surface area contributed by atoms with Crippen LogP contribution < -0.4 is 0 Å². The summed E-state index contributed by atoms with van der Waals surface area (Å²) >= 11 is 0. The summed E-state index contributed by atoms with van der Waals surface area (Å²) < 4.78 is 18.6. The zero-order valence-corrected chi connectivity index (χ0v) is 23.2. The Bertz CT molecular complexity index is 790. The topological polar surface area (TPSA) is 102 Å². The summed E-state index contributed by atoms with van der Waals surface area (Å²) in [5, 5.41) is 23.5. The predicted octanol–water partition coefficient (Wildman–Crippen LogP) is 4.26. The van der Waals surface area contributed by atoms with Gasteiger partial charge in [0, 0.05) is 31.6 Å². The van der Waals surface area contributed by atoms with Crippen molar-refractivity contribution in [3.8, 4) is 0 Å². The molecule has 3 aliphatic rings. The molecule has 7 heteroatoms. The number of aliphatic hydroxyl groups is 2. The lowest BCUT2D eigenvalue weighted by molar-refractivity contribution is -0.189. The molecule has 2 saturated heterocycles. The van der Waals surface area contributed by atoms with Crippen molar-refractivity contribution in [2.75, 3.05) is 0 Å². The SMILES string of the molecule is CCCC(=O)O[C@]1(C)CC[C@H](OC(C)=O)[C@@](C)(O)C[C@H]2O[C@@H]1[C@@H]1[C@@H](C(C)C)[C@H](C)[C@@H](C)[C@@](C)(O)[C@@H]12. The van der Waals surface area contributed by atoms with Gasteiger partial charge in [0.25, 0.3) is 0 Å². The average molecular weight is 497 g/mol. The second kappa shape index (κ2) is 9.94. The molecule has 7 nitrogen and oxygen atoms in total. The second-order valence-electron chi connectivity index (χ2n) is 12.6. The highest BCUT2D eigenvalue weighted by Gasteiger charge is 2.67. The van der Waals surface area contributed by atoms with E-state index < -0.39 is 41.1 Å². The van der Waals surface area contributed by atoms with Gasteiger partial charge in [0.1, 0.15) is 23.4 Å². The van der Waals surface area contributed by atoms with E-state index in [1.165, 1.54) is 6.92 Å². The van der Waals surface area contributed by atoms with Crippen molar-refractivity contribution in [2.24, 2.45) is 35.5 Å². The smallest absolute Gasteiger partial charge is 0.306 e. The van der Waals surface area contributed by atoms with Crippen molar-refractivity contribution >= 4 is 11.9 Å². The van der Waals surface area contributed by atoms with Gasteiger partial charge in [-0.25, -0.2) is 0 Å². The van der Waals surface area contributed by atoms with E-state index >= 15 is 0 Å². The highest BCUT2D eigenvalue weighted by molar-refractivity contribution is 5.70. The predicted molar refractivity (Wildman–Crippen MR) is 132 cm³/mol. The number of hydrogen-bond acceptors (Lipinski definition) is 7. The Morgan fingerprint density at radius 3 is 2.31 bits per heavy atom. The van der Waals surface area contributed by atoms with Crippen LogP contribution in [0.2, 0.25) is 0 Å². The van der Waals surface area contributed by atoms with Gasteiger partial charge in [-0.2, -0.15) is 0 Å². The zero-order valence-electron chi connectivity index (χ0n) is 23.2. The molecule has 0 aromatic heterocycles. The summed E-state index contributed by atoms with van der Waals surface area (Å²) in [6.07, 6.45) is 0.280. The Morgan fingerprint density at radius 2 is 1.77 bits per heavy atom. The van der Waals surface area contributed by atoms with Gasteiger partial charge in [-0.3, -0.25) is 9.59 Å². The van der Waals surface area contributed by atoms with Crippen LogP contribution in [0.5, 0.6) is 0 Å². The van der Waals surface area contributed by atoms with Gasteiger partial charge in [-0.1, -0.05) is 34.6 Å². The second-order valence-corrected chi connectivity index (χ2v) is 12.6. The Kier molecular flexibility index (Phi) is 8.06. The standard InChI is InChI=1S/C28H48O7/c1-10-11-21(30)35-27(8)13-12-20(33-18(6)29)26(7,31)14-19-24-23(25(27)34-19)22(15(2)3)16(4)17(5)28(24,9)32/h15-17,19-20,22-25,31-32H,10-14H2,1-9H3/t16-,17-,19-,20+,22+,23-,24-,25-,26+,27-,28-/m1/s1. The summed E-state index contributed by atoms with van der Waals surface area (Å²) in [6.45, 7) is 17.5. The molecule has 1 saturated carbocycles. The first-order valence-corrected chi connectivity index (χ1v) is 13.6. The molecule has 0 amide bonds. The molecule has 0 spiro atoms. The molecule has 1 aliphatic carbocycles. The van der Waals surface area contributed by atoms with Crippen molar-refractivity contribution in [2.45, 2.75) is 130 Å². The molecule has 35 heavy (non-hydrogen) atoms. The van der Waals surface area contributed by atoms with Crippen LogP contribution in [0.25, 0.3) is 0 Å². The van der Waals surface area contributed by atoms with E-state index in [1.807, 2.05) is 20.8 Å². The van der Waals surface area contributed by atoms with E-state index in [0.717, 1.165) is 0 Å². The quantitative estimate of drug-likeness (QED) is 0.548. The molecule has 0 aromatic rings. The third kappa shape index (κ3) is 5.15. The van der Waals surface area contributed by atoms with Crippen LogP contribution in [0.1, 0.15) is 94.4 Å². The molecule has 2 aliphatic heterocycles. The maximum Gasteiger partial charge on any atom is 0.306 e. The number of carbonyl (C=O) groups is 2. The van der Waals surface area contributed by atoms with E-state index in [2.05, 4.69) is 27.7 Å². The van der Waals surface area contributed by atoms with Crippen LogP contribution in [0.15, 0.2) is 0 Å². The van der Waals surface area contributed by atoms with E-state index in [-0.39, 0.29) is 42.0 Å². The lowest BCUT2D eigenvalue weighted by Crippen LogP contribution is -2.61. The van der Waals surface area contributed by atoms with Crippen molar-refractivity contribution in [3.63, 3.8) is 0 Å². The number of carbonyl (C=O) groups excluding carboxylic acids is 2. The lowest BCUT2D eigenvalue weighted by atomic mass is 9.51. The molecular weight excluding hydrogens is 448 g/mol. The molecule has 202 valence electrons. The first kappa shape index (κ1) is 28.4. The minimum absolute atomic E-state index is 0.0204. The number of rotatable bonds is 5. The Hall–Kier alpha value is -1.18. The summed E-state index contributed by atoms with van der Waals surface area (Å²) in [5.74, 6) is -0.179. The molecule has 3 rings (SSSR count). The fourth-order valence-corrected chi connectivity index (χ4v) is 7.72. The summed E-state index contributed by atoms with van der Waals surface area (Å²) in [7, 11) is 0. The fraction of sp³-hybridized carbons (Fsp3) is 0.929. The van der Waals surface area contributed by atoms with Gasteiger partial charge >= 0.3 is 11.9 Å². The van der Waals surface area contributed by atoms with Crippen molar-refractivity contribution in [1.82, 2.24) is 0 Å². The van der Waals surface area contributed by atoms with Crippen LogP contribution in [-0.2, 0) is 23.8 Å². The van der Waals surface area contributed by atoms with Crippen LogP contribution in [0.3, 0.4) is 0 Å². The molecule has 0 aromatic carbocycles. The van der Waals surface area contributed by atoms with Crippen LogP contribution in [0.4, 0.5) is 0 Å². The third-order valence-corrected chi connectivity index (χ3v) is 9.62. The number of esters is 2. The van der Waals surface area contributed by atoms with Gasteiger partial charge in [0.15, 0.2) is 0 Å². The van der Waals surface area contributed by atoms with Gasteiger partial charge in [-0.15, -0.1) is 0 Å². The van der Waals surface area contributed by atoms with Crippen LogP contribution in [-0.4, -0.2) is 57.3 Å². The minimum atomic E-state index is -1.36. The van der Waals surface area contributed by atoms with E-state index in [0.29, 0.717) is 31.6 Å². The van der Waals surface area contributed by atoms with Crippen LogP contribution >= 0.6 is 0 Å². The van der Waals surface area contributed by atoms with Crippen molar-refractivity contribution in [3.05, 3.63) is 0 Å². The van der Waals surface area contributed by atoms with Crippen LogP contribution in [0, 0.1) is 35.5 Å². The first-order chi connectivity index (χ1) is 16.1. The largest absolute Gasteiger partial charge is 0.460 e. The maximum absolute atomic E-state index is 12.8. The maximum atomic E-state index is 12.8. The highest BCUT2D eigenvalue weighted by atomic mass is 16.6. The molecule has 2 heterocycles. The molecule has 2 bridgehead atoms. The summed E-state index contributed by atoms with van der Waals surface area (Å²) in [5.41, 5.74) is -3.37. The van der Waals surface area contributed by atoms with Gasteiger partial charge in [0.05, 0.1) is 11.7 Å². The van der Waals surface area contributed by atoms with Gasteiger partial charge in [-0.05, 0) is 63.7 Å². The van der Waals surface area contributed by atoms with Gasteiger partial charge in [0.2, 0.25) is 0 Å². The lowest BCUT2D eigenvalue weighted by Gasteiger charge is -2.56. The monoisotopic (exact) mass is 496 g/mol. The van der Waals surface area contributed by atoms with Crippen molar-refractivity contribution < 1.29 is 34.0 Å². The molecule has 2 N–H and O–H groups in total. The normalized spacial score (nSPS) is 47.9. The Labute approximate surface area is 211 Å². The number of hydrogen-bond donors (Lipinski definition) is 2. The molecule has 0 unspecified atom stereocenters. The van der Waals surface area contributed by atoms with Gasteiger partial charge < -0.3 is 24.4 Å². The third-order valence-electron chi connectivity index (χ3n) is 9.62.